The van der Waals surface area contributed by atoms with Crippen molar-refractivity contribution in [3.63, 3.8) is 0 Å². The van der Waals surface area contributed by atoms with E-state index < -0.39 is 0 Å². The SMILES string of the molecule is Cl.Nc1noc2ccc(CNC(=O)c3cncc(Cc4ccc(Cn5ccccc5=O)cc4)c3)cc12. The molecule has 1 amide bonds. The summed E-state index contributed by atoms with van der Waals surface area (Å²) in [4.78, 5) is 28.9. The van der Waals surface area contributed by atoms with Crippen molar-refractivity contribution in [2.45, 2.75) is 19.5 Å². The number of carbonyl (C=O) groups is 1. The van der Waals surface area contributed by atoms with E-state index in [1.54, 1.807) is 41.4 Å². The molecule has 0 spiro atoms. The largest absolute Gasteiger partial charge is 0.380 e. The van der Waals surface area contributed by atoms with Crippen molar-refractivity contribution >= 4 is 35.1 Å². The molecule has 8 nitrogen and oxygen atoms in total. The van der Waals surface area contributed by atoms with Gasteiger partial charge in [0.05, 0.1) is 17.5 Å². The molecule has 0 unspecified atom stereocenters. The van der Waals surface area contributed by atoms with E-state index in [1.807, 2.05) is 48.5 Å². The Morgan fingerprint density at radius 2 is 1.72 bits per heavy atom. The monoisotopic (exact) mass is 501 g/mol. The van der Waals surface area contributed by atoms with Gasteiger partial charge >= 0.3 is 0 Å². The Morgan fingerprint density at radius 1 is 0.944 bits per heavy atom. The van der Waals surface area contributed by atoms with Crippen molar-refractivity contribution in [2.24, 2.45) is 0 Å². The maximum atomic E-state index is 12.7. The van der Waals surface area contributed by atoms with Gasteiger partial charge in [-0.05, 0) is 52.9 Å². The molecular formula is C27H24ClN5O3. The molecule has 5 rings (SSSR count). The van der Waals surface area contributed by atoms with Crippen molar-refractivity contribution < 1.29 is 9.32 Å². The van der Waals surface area contributed by atoms with E-state index in [9.17, 15) is 9.59 Å². The van der Waals surface area contributed by atoms with Crippen LogP contribution in [-0.2, 0) is 19.5 Å². The number of nitrogens with zero attached hydrogens (tertiary/aromatic N) is 3. The minimum atomic E-state index is -0.207. The Balaban J connectivity index is 0.00000304. The van der Waals surface area contributed by atoms with Crippen LogP contribution >= 0.6 is 12.4 Å². The summed E-state index contributed by atoms with van der Waals surface area (Å²) in [5.41, 5.74) is 10.8. The number of halogens is 1. The van der Waals surface area contributed by atoms with Gasteiger partial charge in [-0.15, -0.1) is 12.4 Å². The molecule has 5 aromatic rings. The lowest BCUT2D eigenvalue weighted by Gasteiger charge is -2.09. The fourth-order valence-electron chi connectivity index (χ4n) is 3.89. The minimum Gasteiger partial charge on any atom is -0.380 e. The summed E-state index contributed by atoms with van der Waals surface area (Å²) in [6.07, 6.45) is 5.74. The van der Waals surface area contributed by atoms with Crippen LogP contribution in [0.2, 0.25) is 0 Å². The van der Waals surface area contributed by atoms with E-state index >= 15 is 0 Å². The van der Waals surface area contributed by atoms with Gasteiger partial charge in [-0.3, -0.25) is 14.6 Å². The third kappa shape index (κ3) is 5.61. The van der Waals surface area contributed by atoms with Crippen LogP contribution in [0.5, 0.6) is 0 Å². The van der Waals surface area contributed by atoms with Crippen molar-refractivity contribution in [1.29, 1.82) is 0 Å². The maximum Gasteiger partial charge on any atom is 0.253 e. The lowest BCUT2D eigenvalue weighted by molar-refractivity contribution is 0.0950. The smallest absolute Gasteiger partial charge is 0.253 e. The highest BCUT2D eigenvalue weighted by Gasteiger charge is 2.10. The molecule has 3 aromatic heterocycles. The first-order valence-electron chi connectivity index (χ1n) is 11.1. The molecule has 3 N–H and O–H groups in total. The molecule has 9 heteroatoms. The molecule has 3 heterocycles. The Morgan fingerprint density at radius 3 is 2.53 bits per heavy atom. The van der Waals surface area contributed by atoms with E-state index in [0.29, 0.717) is 36.5 Å². The summed E-state index contributed by atoms with van der Waals surface area (Å²) in [6.45, 7) is 0.864. The molecule has 0 saturated heterocycles. The number of rotatable bonds is 7. The zero-order chi connectivity index (χ0) is 24.2. The van der Waals surface area contributed by atoms with Crippen molar-refractivity contribution in [2.75, 3.05) is 5.73 Å². The van der Waals surface area contributed by atoms with Crippen LogP contribution in [0.25, 0.3) is 11.0 Å². The Hall–Kier alpha value is -4.43. The van der Waals surface area contributed by atoms with Gasteiger partial charge in [0.2, 0.25) is 0 Å². The van der Waals surface area contributed by atoms with Gasteiger partial charge in [-0.1, -0.05) is 41.6 Å². The van der Waals surface area contributed by atoms with E-state index in [2.05, 4.69) is 15.5 Å². The van der Waals surface area contributed by atoms with E-state index in [4.69, 9.17) is 10.3 Å². The molecule has 182 valence electrons. The van der Waals surface area contributed by atoms with Crippen LogP contribution in [0.4, 0.5) is 5.82 Å². The summed E-state index contributed by atoms with van der Waals surface area (Å²) in [7, 11) is 0. The number of aromatic nitrogens is 3. The van der Waals surface area contributed by atoms with Gasteiger partial charge in [0.15, 0.2) is 11.4 Å². The second-order valence-corrected chi connectivity index (χ2v) is 8.32. The van der Waals surface area contributed by atoms with Crippen LogP contribution in [0.15, 0.2) is 94.6 Å². The highest BCUT2D eigenvalue weighted by atomic mass is 35.5. The number of carbonyl (C=O) groups excluding carboxylic acids is 1. The molecular weight excluding hydrogens is 478 g/mol. The summed E-state index contributed by atoms with van der Waals surface area (Å²) >= 11 is 0. The average molecular weight is 502 g/mol. The summed E-state index contributed by atoms with van der Waals surface area (Å²) in [6, 6.07) is 20.6. The molecule has 0 atom stereocenters. The van der Waals surface area contributed by atoms with Gasteiger partial charge in [0.1, 0.15) is 0 Å². The number of nitrogens with two attached hydrogens (primary N) is 1. The van der Waals surface area contributed by atoms with E-state index in [-0.39, 0.29) is 23.9 Å². The van der Waals surface area contributed by atoms with Crippen LogP contribution < -0.4 is 16.6 Å². The number of amides is 1. The standard InChI is InChI=1S/C27H23N5O3.ClH/c28-26-23-13-20(8-9-24(23)35-31-26)15-30-27(34)22-12-21(14-29-16-22)11-18-4-6-19(7-5-18)17-32-10-2-1-3-25(32)33;/h1-10,12-14,16H,11,15,17H2,(H2,28,31)(H,30,34);1H. The first-order valence-corrected chi connectivity index (χ1v) is 11.1. The third-order valence-electron chi connectivity index (χ3n) is 5.76. The molecule has 0 aliphatic carbocycles. The molecule has 0 fully saturated rings. The zero-order valence-electron chi connectivity index (χ0n) is 19.3. The maximum absolute atomic E-state index is 12.7. The van der Waals surface area contributed by atoms with Gasteiger partial charge in [0, 0.05) is 31.2 Å². The Bertz CT molecular complexity index is 1560. The molecule has 0 bridgehead atoms. The van der Waals surface area contributed by atoms with Crippen LogP contribution in [0.3, 0.4) is 0 Å². The summed E-state index contributed by atoms with van der Waals surface area (Å²) in [5, 5.41) is 7.39. The molecule has 36 heavy (non-hydrogen) atoms. The molecule has 0 aliphatic rings. The molecule has 0 aliphatic heterocycles. The number of hydrogen-bond acceptors (Lipinski definition) is 6. The summed E-state index contributed by atoms with van der Waals surface area (Å²) in [5.74, 6) is 0.119. The fourth-order valence-corrected chi connectivity index (χ4v) is 3.89. The lowest BCUT2D eigenvalue weighted by Crippen LogP contribution is -2.23. The first kappa shape index (κ1) is 24.7. The van der Waals surface area contributed by atoms with Gasteiger partial charge < -0.3 is 20.1 Å². The predicted octanol–water partition coefficient (Wildman–Crippen LogP) is 3.96. The molecule has 0 radical (unpaired) electrons. The summed E-state index contributed by atoms with van der Waals surface area (Å²) < 4.78 is 6.78. The number of hydrogen-bond donors (Lipinski definition) is 2. The second-order valence-electron chi connectivity index (χ2n) is 8.32. The van der Waals surface area contributed by atoms with E-state index in [0.717, 1.165) is 27.6 Å². The van der Waals surface area contributed by atoms with Gasteiger partial charge in [-0.2, -0.15) is 0 Å². The average Bonchev–Trinajstić information content (AvgIpc) is 3.25. The Kier molecular flexibility index (Phi) is 7.46. The van der Waals surface area contributed by atoms with Gasteiger partial charge in [-0.25, -0.2) is 0 Å². The third-order valence-corrected chi connectivity index (χ3v) is 5.76. The zero-order valence-corrected chi connectivity index (χ0v) is 20.1. The van der Waals surface area contributed by atoms with Crippen molar-refractivity contribution in [1.82, 2.24) is 20.0 Å². The minimum absolute atomic E-state index is 0. The number of pyridine rings is 2. The number of nitrogens with one attached hydrogen (secondary N) is 1. The Labute approximate surface area is 213 Å². The van der Waals surface area contributed by atoms with Crippen molar-refractivity contribution in [3.8, 4) is 0 Å². The molecule has 0 saturated carbocycles. The normalized spacial score (nSPS) is 10.7. The highest BCUT2D eigenvalue weighted by molar-refractivity contribution is 5.94. The quantitative estimate of drug-likeness (QED) is 0.349. The lowest BCUT2D eigenvalue weighted by atomic mass is 10.0. The highest BCUT2D eigenvalue weighted by Crippen LogP contribution is 2.21. The van der Waals surface area contributed by atoms with Crippen LogP contribution in [0, 0.1) is 0 Å². The number of nitrogen functional groups attached to an aromatic ring is 1. The second kappa shape index (κ2) is 10.9. The van der Waals surface area contributed by atoms with Gasteiger partial charge in [0.25, 0.3) is 11.5 Å². The fraction of sp³-hybridized carbons (Fsp3) is 0.111. The van der Waals surface area contributed by atoms with Crippen molar-refractivity contribution in [3.05, 3.63) is 123 Å². The number of anilines is 1. The van der Waals surface area contributed by atoms with E-state index in [1.165, 1.54) is 0 Å². The first-order chi connectivity index (χ1) is 17.0. The number of fused-ring (bicyclic) bond motifs is 1. The van der Waals surface area contributed by atoms with Crippen LogP contribution in [-0.4, -0.2) is 20.6 Å². The van der Waals surface area contributed by atoms with Crippen LogP contribution in [0.1, 0.15) is 32.6 Å². The predicted molar refractivity (Wildman–Crippen MR) is 140 cm³/mol. The topological polar surface area (TPSA) is 116 Å². The number of benzene rings is 2. The molecule has 2 aromatic carbocycles.